The zero-order valence-electron chi connectivity index (χ0n) is 8.56. The van der Waals surface area contributed by atoms with E-state index in [1.165, 1.54) is 18.6 Å². The third kappa shape index (κ3) is 2.34. The van der Waals surface area contributed by atoms with Crippen molar-refractivity contribution in [2.45, 2.75) is 13.3 Å². The van der Waals surface area contributed by atoms with Crippen LogP contribution in [0.3, 0.4) is 0 Å². The Morgan fingerprint density at radius 3 is 2.87 bits per heavy atom. The summed E-state index contributed by atoms with van der Waals surface area (Å²) < 4.78 is 13.1. The van der Waals surface area contributed by atoms with Crippen molar-refractivity contribution >= 4 is 23.0 Å². The first kappa shape index (κ1) is 10.6. The molecular weight excluding hydrogens is 215 g/mol. The summed E-state index contributed by atoms with van der Waals surface area (Å²) in [6.45, 7) is 3.06. The van der Waals surface area contributed by atoms with Gasteiger partial charge in [0, 0.05) is 12.6 Å². The van der Waals surface area contributed by atoms with Crippen molar-refractivity contribution in [3.8, 4) is 0 Å². The highest BCUT2D eigenvalue weighted by atomic mass is 35.5. The summed E-state index contributed by atoms with van der Waals surface area (Å²) in [5.41, 5.74) is 6.85. The molecule has 0 aliphatic heterocycles. The van der Waals surface area contributed by atoms with Gasteiger partial charge in [0.1, 0.15) is 5.82 Å². The molecule has 0 aromatic heterocycles. The smallest absolute Gasteiger partial charge is 0.143 e. The maximum atomic E-state index is 13.1. The largest absolute Gasteiger partial charge is 0.397 e. The summed E-state index contributed by atoms with van der Waals surface area (Å²) in [6.07, 6.45) is 1.24. The van der Waals surface area contributed by atoms with Crippen LogP contribution in [0.5, 0.6) is 0 Å². The summed E-state index contributed by atoms with van der Waals surface area (Å²) in [5.74, 6) is 1.04. The minimum atomic E-state index is -0.433. The Labute approximate surface area is 93.6 Å². The van der Waals surface area contributed by atoms with E-state index in [0.717, 1.165) is 12.5 Å². The number of nitrogen functional groups attached to an aromatic ring is 1. The number of nitrogens with one attached hydrogen (secondary N) is 1. The van der Waals surface area contributed by atoms with E-state index in [0.29, 0.717) is 17.3 Å². The lowest BCUT2D eigenvalue weighted by Crippen LogP contribution is -2.07. The molecule has 4 heteroatoms. The molecule has 1 aromatic rings. The fourth-order valence-corrected chi connectivity index (χ4v) is 1.81. The van der Waals surface area contributed by atoms with Gasteiger partial charge >= 0.3 is 0 Å². The van der Waals surface area contributed by atoms with E-state index in [9.17, 15) is 4.39 Å². The second kappa shape index (κ2) is 3.89. The van der Waals surface area contributed by atoms with Crippen molar-refractivity contribution in [2.24, 2.45) is 11.8 Å². The molecule has 0 spiro atoms. The van der Waals surface area contributed by atoms with E-state index in [4.69, 9.17) is 17.3 Å². The third-order valence-electron chi connectivity index (χ3n) is 2.92. The Morgan fingerprint density at radius 2 is 2.27 bits per heavy atom. The third-order valence-corrected chi connectivity index (χ3v) is 3.21. The molecule has 1 aromatic carbocycles. The molecule has 0 amide bonds. The molecular formula is C11H14ClFN2. The Hall–Kier alpha value is -0.960. The molecule has 0 saturated heterocycles. The average Bonchev–Trinajstić information content (AvgIpc) is 2.86. The number of hydrogen-bond donors (Lipinski definition) is 2. The van der Waals surface area contributed by atoms with E-state index < -0.39 is 5.82 Å². The Kier molecular flexibility index (Phi) is 2.74. The molecule has 2 rings (SSSR count). The summed E-state index contributed by atoms with van der Waals surface area (Å²) in [7, 11) is 0. The predicted octanol–water partition coefficient (Wildman–Crippen LogP) is 3.13. The van der Waals surface area contributed by atoms with Crippen LogP contribution in [0.15, 0.2) is 12.1 Å². The van der Waals surface area contributed by atoms with Crippen LogP contribution in [0.4, 0.5) is 15.8 Å². The maximum absolute atomic E-state index is 13.1. The van der Waals surface area contributed by atoms with Gasteiger partial charge in [0.2, 0.25) is 0 Å². The van der Waals surface area contributed by atoms with Crippen molar-refractivity contribution in [1.29, 1.82) is 0 Å². The quantitative estimate of drug-likeness (QED) is 0.781. The van der Waals surface area contributed by atoms with Gasteiger partial charge in [-0.05, 0) is 24.3 Å². The monoisotopic (exact) mass is 228 g/mol. The molecule has 1 saturated carbocycles. The highest BCUT2D eigenvalue weighted by Gasteiger charge is 2.31. The van der Waals surface area contributed by atoms with Gasteiger partial charge in [-0.3, -0.25) is 0 Å². The molecule has 15 heavy (non-hydrogen) atoms. The molecule has 2 nitrogen and oxygen atoms in total. The van der Waals surface area contributed by atoms with Crippen LogP contribution in [0.25, 0.3) is 0 Å². The van der Waals surface area contributed by atoms with Crippen molar-refractivity contribution in [3.63, 3.8) is 0 Å². The SMILES string of the molecule is CC1CC1CNc1cc(F)c(Cl)cc1N. The molecule has 0 bridgehead atoms. The van der Waals surface area contributed by atoms with E-state index in [2.05, 4.69) is 12.2 Å². The molecule has 82 valence electrons. The second-order valence-electron chi connectivity index (χ2n) is 4.21. The Balaban J connectivity index is 2.04. The van der Waals surface area contributed by atoms with Gasteiger partial charge < -0.3 is 11.1 Å². The lowest BCUT2D eigenvalue weighted by molar-refractivity contribution is 0.628. The van der Waals surface area contributed by atoms with Crippen molar-refractivity contribution in [2.75, 3.05) is 17.6 Å². The summed E-state index contributed by atoms with van der Waals surface area (Å²) in [4.78, 5) is 0. The van der Waals surface area contributed by atoms with Crippen LogP contribution >= 0.6 is 11.6 Å². The number of halogens is 2. The summed E-state index contributed by atoms with van der Waals surface area (Å²) in [5, 5.41) is 3.22. The first-order valence-corrected chi connectivity index (χ1v) is 5.44. The molecule has 0 radical (unpaired) electrons. The zero-order chi connectivity index (χ0) is 11.0. The van der Waals surface area contributed by atoms with Crippen LogP contribution in [0, 0.1) is 17.7 Å². The van der Waals surface area contributed by atoms with Gasteiger partial charge in [0.15, 0.2) is 0 Å². The Bertz CT molecular complexity index is 381. The van der Waals surface area contributed by atoms with E-state index >= 15 is 0 Å². The maximum Gasteiger partial charge on any atom is 0.143 e. The van der Waals surface area contributed by atoms with Gasteiger partial charge in [0.05, 0.1) is 16.4 Å². The first-order chi connectivity index (χ1) is 7.08. The second-order valence-corrected chi connectivity index (χ2v) is 4.61. The van der Waals surface area contributed by atoms with Crippen molar-refractivity contribution in [3.05, 3.63) is 23.0 Å². The minimum absolute atomic E-state index is 0.0674. The molecule has 2 atom stereocenters. The van der Waals surface area contributed by atoms with Gasteiger partial charge in [-0.2, -0.15) is 0 Å². The lowest BCUT2D eigenvalue weighted by Gasteiger charge is -2.09. The first-order valence-electron chi connectivity index (χ1n) is 5.06. The lowest BCUT2D eigenvalue weighted by atomic mass is 10.2. The normalized spacial score (nSPS) is 23.9. The summed E-state index contributed by atoms with van der Waals surface area (Å²) in [6, 6.07) is 2.79. The standard InChI is InChI=1S/C11H14ClFN2/c1-6-2-7(6)5-15-11-4-9(13)8(12)3-10(11)14/h3-4,6-7,15H,2,5,14H2,1H3. The topological polar surface area (TPSA) is 38.0 Å². The van der Waals surface area contributed by atoms with E-state index in [1.807, 2.05) is 0 Å². The number of nitrogens with two attached hydrogens (primary N) is 1. The number of anilines is 2. The molecule has 1 fully saturated rings. The highest BCUT2D eigenvalue weighted by molar-refractivity contribution is 6.31. The summed E-state index contributed by atoms with van der Waals surface area (Å²) >= 11 is 5.60. The number of rotatable bonds is 3. The van der Waals surface area contributed by atoms with Crippen LogP contribution in [0.1, 0.15) is 13.3 Å². The predicted molar refractivity (Wildman–Crippen MR) is 61.6 cm³/mol. The van der Waals surface area contributed by atoms with Crippen molar-refractivity contribution in [1.82, 2.24) is 0 Å². The van der Waals surface area contributed by atoms with Gasteiger partial charge in [0.25, 0.3) is 0 Å². The Morgan fingerprint density at radius 1 is 1.60 bits per heavy atom. The van der Waals surface area contributed by atoms with Crippen LogP contribution in [0.2, 0.25) is 5.02 Å². The fourth-order valence-electron chi connectivity index (χ4n) is 1.64. The molecule has 0 heterocycles. The minimum Gasteiger partial charge on any atom is -0.397 e. The molecule has 1 aliphatic rings. The fraction of sp³-hybridized carbons (Fsp3) is 0.455. The van der Waals surface area contributed by atoms with Gasteiger partial charge in [-0.25, -0.2) is 4.39 Å². The number of benzene rings is 1. The highest BCUT2D eigenvalue weighted by Crippen LogP contribution is 2.38. The van der Waals surface area contributed by atoms with Crippen molar-refractivity contribution < 1.29 is 4.39 Å². The van der Waals surface area contributed by atoms with E-state index in [1.54, 1.807) is 0 Å². The van der Waals surface area contributed by atoms with Crippen LogP contribution in [-0.4, -0.2) is 6.54 Å². The zero-order valence-corrected chi connectivity index (χ0v) is 9.31. The average molecular weight is 229 g/mol. The van der Waals surface area contributed by atoms with Crippen LogP contribution in [-0.2, 0) is 0 Å². The van der Waals surface area contributed by atoms with Crippen LogP contribution < -0.4 is 11.1 Å². The molecule has 1 aliphatic carbocycles. The van der Waals surface area contributed by atoms with E-state index in [-0.39, 0.29) is 5.02 Å². The van der Waals surface area contributed by atoms with Gasteiger partial charge in [-0.15, -0.1) is 0 Å². The molecule has 3 N–H and O–H groups in total. The number of hydrogen-bond acceptors (Lipinski definition) is 2. The van der Waals surface area contributed by atoms with Gasteiger partial charge in [-0.1, -0.05) is 18.5 Å². The molecule has 2 unspecified atom stereocenters.